The van der Waals surface area contributed by atoms with Crippen molar-refractivity contribution in [2.45, 2.75) is 30.5 Å². The Morgan fingerprint density at radius 2 is 1.74 bits per heavy atom. The number of hydrogen-bond donors (Lipinski definition) is 2. The Morgan fingerprint density at radius 1 is 1.10 bits per heavy atom. The molecule has 1 aliphatic heterocycles. The number of carbonyl (C=O) groups excluding carboxylic acids is 1. The first-order valence-electron chi connectivity index (χ1n) is 9.09. The molecule has 0 bridgehead atoms. The second kappa shape index (κ2) is 8.24. The average molecular weight is 476 g/mol. The molecule has 2 N–H and O–H groups in total. The smallest absolute Gasteiger partial charge is 0.322 e. The van der Waals surface area contributed by atoms with Crippen LogP contribution in [0.3, 0.4) is 0 Å². The maximum Gasteiger partial charge on any atom is 0.416 e. The van der Waals surface area contributed by atoms with Gasteiger partial charge in [0.05, 0.1) is 22.0 Å². The van der Waals surface area contributed by atoms with Crippen LogP contribution in [0.2, 0.25) is 0 Å². The molecule has 31 heavy (non-hydrogen) atoms. The van der Waals surface area contributed by atoms with E-state index in [-0.39, 0.29) is 39.6 Å². The molecular formula is C19H19F3N2O5S2. The Morgan fingerprint density at radius 3 is 2.29 bits per heavy atom. The summed E-state index contributed by atoms with van der Waals surface area (Å²) in [6.07, 6.45) is -4.38. The molecule has 0 spiro atoms. The van der Waals surface area contributed by atoms with Gasteiger partial charge in [-0.1, -0.05) is 6.07 Å². The van der Waals surface area contributed by atoms with Crippen LogP contribution >= 0.6 is 0 Å². The van der Waals surface area contributed by atoms with Crippen molar-refractivity contribution in [3.63, 3.8) is 0 Å². The second-order valence-corrected chi connectivity index (χ2v) is 11.2. The molecule has 1 aliphatic rings. The van der Waals surface area contributed by atoms with Gasteiger partial charge < -0.3 is 5.32 Å². The molecule has 1 fully saturated rings. The van der Waals surface area contributed by atoms with E-state index in [0.29, 0.717) is 0 Å². The monoisotopic (exact) mass is 476 g/mol. The zero-order valence-corrected chi connectivity index (χ0v) is 17.9. The van der Waals surface area contributed by atoms with Gasteiger partial charge in [0.2, 0.25) is 10.0 Å². The number of amides is 1. The molecule has 1 saturated heterocycles. The number of sulfone groups is 1. The van der Waals surface area contributed by atoms with Crippen molar-refractivity contribution in [2.24, 2.45) is 0 Å². The maximum atomic E-state index is 13.0. The molecule has 1 atom stereocenters. The van der Waals surface area contributed by atoms with Crippen molar-refractivity contribution in [1.82, 2.24) is 4.72 Å². The quantitative estimate of drug-likeness (QED) is 0.690. The Hall–Kier alpha value is -2.44. The third-order valence-corrected chi connectivity index (χ3v) is 8.09. The third-order valence-electron chi connectivity index (χ3n) is 4.78. The van der Waals surface area contributed by atoms with E-state index in [4.69, 9.17) is 0 Å². The van der Waals surface area contributed by atoms with Crippen molar-refractivity contribution in [3.05, 3.63) is 59.2 Å². The second-order valence-electron chi connectivity index (χ2n) is 7.23. The van der Waals surface area contributed by atoms with Crippen LogP contribution in [0.1, 0.15) is 27.9 Å². The van der Waals surface area contributed by atoms with Gasteiger partial charge in [0, 0.05) is 17.3 Å². The lowest BCUT2D eigenvalue weighted by Crippen LogP contribution is -2.35. The first-order valence-corrected chi connectivity index (χ1v) is 12.4. The van der Waals surface area contributed by atoms with Crippen LogP contribution in [0.4, 0.5) is 18.9 Å². The lowest BCUT2D eigenvalue weighted by atomic mass is 10.1. The minimum absolute atomic E-state index is 0.0163. The third kappa shape index (κ3) is 5.63. The van der Waals surface area contributed by atoms with Gasteiger partial charge in [-0.25, -0.2) is 21.6 Å². The van der Waals surface area contributed by atoms with Gasteiger partial charge >= 0.3 is 6.18 Å². The normalized spacial score (nSPS) is 18.6. The van der Waals surface area contributed by atoms with Gasteiger partial charge in [0.15, 0.2) is 9.84 Å². The molecular weight excluding hydrogens is 457 g/mol. The largest absolute Gasteiger partial charge is 0.416 e. The molecule has 7 nitrogen and oxygen atoms in total. The van der Waals surface area contributed by atoms with Gasteiger partial charge in [0.1, 0.15) is 0 Å². The van der Waals surface area contributed by atoms with Gasteiger partial charge in [-0.05, 0) is 55.3 Å². The summed E-state index contributed by atoms with van der Waals surface area (Å²) in [6, 6.07) is 7.44. The number of halogens is 3. The number of hydrogen-bond acceptors (Lipinski definition) is 5. The Bertz CT molecular complexity index is 1210. The van der Waals surface area contributed by atoms with Crippen LogP contribution in [0.25, 0.3) is 0 Å². The van der Waals surface area contributed by atoms with E-state index in [9.17, 15) is 34.8 Å². The molecule has 1 heterocycles. The minimum atomic E-state index is -4.56. The highest BCUT2D eigenvalue weighted by molar-refractivity contribution is 7.92. The molecule has 0 aliphatic carbocycles. The summed E-state index contributed by atoms with van der Waals surface area (Å²) >= 11 is 0. The molecule has 2 aromatic carbocycles. The highest BCUT2D eigenvalue weighted by Crippen LogP contribution is 2.33. The lowest BCUT2D eigenvalue weighted by molar-refractivity contribution is -0.138. The molecule has 0 saturated carbocycles. The SMILES string of the molecule is Cc1ccc(NC(=O)c2ccc(S(=O)(=O)NC3CCS(=O)(=O)C3)cc2)cc1C(F)(F)F. The van der Waals surface area contributed by atoms with E-state index in [1.54, 1.807) is 0 Å². The van der Waals surface area contributed by atoms with Gasteiger partial charge in [-0.2, -0.15) is 13.2 Å². The lowest BCUT2D eigenvalue weighted by Gasteiger charge is -2.13. The fraction of sp³-hybridized carbons (Fsp3) is 0.316. The Balaban J connectivity index is 1.72. The van der Waals surface area contributed by atoms with Crippen LogP contribution in [0, 0.1) is 6.92 Å². The van der Waals surface area contributed by atoms with Crippen LogP contribution < -0.4 is 10.0 Å². The molecule has 2 aromatic rings. The summed E-state index contributed by atoms with van der Waals surface area (Å²) in [5.74, 6) is -1.08. The average Bonchev–Trinajstić information content (AvgIpc) is 3.00. The fourth-order valence-corrected chi connectivity index (χ4v) is 6.22. The topological polar surface area (TPSA) is 109 Å². The van der Waals surface area contributed by atoms with Gasteiger partial charge in [-0.15, -0.1) is 0 Å². The zero-order chi connectivity index (χ0) is 23.0. The first kappa shape index (κ1) is 23.2. The van der Waals surface area contributed by atoms with E-state index in [0.717, 1.165) is 18.2 Å². The van der Waals surface area contributed by atoms with E-state index in [1.165, 1.54) is 31.2 Å². The van der Waals surface area contributed by atoms with Crippen molar-refractivity contribution in [1.29, 1.82) is 0 Å². The predicted octanol–water partition coefficient (Wildman–Crippen LogP) is 2.73. The number of aryl methyl sites for hydroxylation is 1. The van der Waals surface area contributed by atoms with Gasteiger partial charge in [-0.3, -0.25) is 4.79 Å². The molecule has 1 amide bonds. The molecule has 1 unspecified atom stereocenters. The summed E-state index contributed by atoms with van der Waals surface area (Å²) in [6.45, 7) is 1.31. The summed E-state index contributed by atoms with van der Waals surface area (Å²) in [5.41, 5.74) is -0.866. The Labute approximate surface area is 177 Å². The number of carbonyl (C=O) groups is 1. The fourth-order valence-electron chi connectivity index (χ4n) is 3.17. The summed E-state index contributed by atoms with van der Waals surface area (Å²) in [5, 5.41) is 2.35. The van der Waals surface area contributed by atoms with Crippen molar-refractivity contribution in [2.75, 3.05) is 16.8 Å². The number of anilines is 1. The number of alkyl halides is 3. The number of nitrogens with one attached hydrogen (secondary N) is 2. The highest BCUT2D eigenvalue weighted by Gasteiger charge is 2.33. The molecule has 0 aromatic heterocycles. The predicted molar refractivity (Wildman–Crippen MR) is 108 cm³/mol. The molecule has 168 valence electrons. The zero-order valence-electron chi connectivity index (χ0n) is 16.2. The molecule has 0 radical (unpaired) electrons. The standard InChI is InChI=1S/C19H19F3N2O5S2/c1-12-2-5-14(10-17(12)19(20,21)22)23-18(25)13-3-6-16(7-4-13)31(28,29)24-15-8-9-30(26,27)11-15/h2-7,10,15,24H,8-9,11H2,1H3,(H,23,25). The molecule has 12 heteroatoms. The van der Waals surface area contributed by atoms with E-state index >= 15 is 0 Å². The van der Waals surface area contributed by atoms with Crippen LogP contribution in [-0.4, -0.2) is 40.3 Å². The summed E-state index contributed by atoms with van der Waals surface area (Å²) in [7, 11) is -7.26. The number of rotatable bonds is 5. The minimum Gasteiger partial charge on any atom is -0.322 e. The summed E-state index contributed by atoms with van der Waals surface area (Å²) < 4.78 is 89.2. The van der Waals surface area contributed by atoms with Crippen LogP contribution in [0.5, 0.6) is 0 Å². The number of sulfonamides is 1. The van der Waals surface area contributed by atoms with E-state index < -0.39 is 43.5 Å². The van der Waals surface area contributed by atoms with Crippen LogP contribution in [0.15, 0.2) is 47.4 Å². The van der Waals surface area contributed by atoms with Crippen molar-refractivity contribution >= 4 is 31.5 Å². The van der Waals surface area contributed by atoms with E-state index in [1.807, 2.05) is 0 Å². The van der Waals surface area contributed by atoms with Crippen LogP contribution in [-0.2, 0) is 26.0 Å². The molecule has 3 rings (SSSR count). The van der Waals surface area contributed by atoms with Gasteiger partial charge in [0.25, 0.3) is 5.91 Å². The maximum absolute atomic E-state index is 13.0. The van der Waals surface area contributed by atoms with E-state index in [2.05, 4.69) is 10.0 Å². The summed E-state index contributed by atoms with van der Waals surface area (Å²) in [4.78, 5) is 12.2. The van der Waals surface area contributed by atoms with Crippen molar-refractivity contribution in [3.8, 4) is 0 Å². The number of benzene rings is 2. The highest BCUT2D eigenvalue weighted by atomic mass is 32.2. The van der Waals surface area contributed by atoms with Crippen molar-refractivity contribution < 1.29 is 34.8 Å². The first-order chi connectivity index (χ1) is 14.3. The Kier molecular flexibility index (Phi) is 6.18.